The number of ether oxygens (including phenoxy) is 1. The first-order chi connectivity index (χ1) is 13.6. The molecule has 6 heteroatoms. The van der Waals surface area contributed by atoms with Gasteiger partial charge in [0, 0.05) is 37.8 Å². The van der Waals surface area contributed by atoms with Crippen molar-refractivity contribution in [1.29, 1.82) is 0 Å². The second-order valence-electron chi connectivity index (χ2n) is 6.43. The number of benzene rings is 2. The van der Waals surface area contributed by atoms with Crippen molar-refractivity contribution < 1.29 is 19.1 Å². The molecule has 1 aliphatic heterocycles. The van der Waals surface area contributed by atoms with E-state index in [2.05, 4.69) is 4.74 Å². The highest BCUT2D eigenvalue weighted by Crippen LogP contribution is 2.11. The summed E-state index contributed by atoms with van der Waals surface area (Å²) < 4.78 is 4.66. The Bertz CT molecular complexity index is 867. The summed E-state index contributed by atoms with van der Waals surface area (Å²) in [5.41, 5.74) is 1.95. The molecule has 0 spiro atoms. The normalized spacial score (nSPS) is 14.2. The second-order valence-corrected chi connectivity index (χ2v) is 6.43. The number of methoxy groups -OCH3 is 1. The van der Waals surface area contributed by atoms with E-state index in [1.165, 1.54) is 13.2 Å². The minimum Gasteiger partial charge on any atom is -0.465 e. The second kappa shape index (κ2) is 8.99. The smallest absolute Gasteiger partial charge is 0.337 e. The summed E-state index contributed by atoms with van der Waals surface area (Å²) in [6.45, 7) is 2.04. The van der Waals surface area contributed by atoms with E-state index >= 15 is 0 Å². The first-order valence-corrected chi connectivity index (χ1v) is 9.08. The van der Waals surface area contributed by atoms with E-state index in [0.717, 1.165) is 5.56 Å². The summed E-state index contributed by atoms with van der Waals surface area (Å²) in [7, 11) is 1.34. The van der Waals surface area contributed by atoms with Gasteiger partial charge in [-0.05, 0) is 35.9 Å². The van der Waals surface area contributed by atoms with Crippen LogP contribution in [0.4, 0.5) is 0 Å². The van der Waals surface area contributed by atoms with Gasteiger partial charge in [-0.1, -0.05) is 30.3 Å². The Morgan fingerprint density at radius 2 is 1.43 bits per heavy atom. The van der Waals surface area contributed by atoms with Crippen LogP contribution in [0.25, 0.3) is 6.08 Å². The van der Waals surface area contributed by atoms with Gasteiger partial charge in [0.25, 0.3) is 5.91 Å². The fraction of sp³-hybridized carbons (Fsp3) is 0.227. The van der Waals surface area contributed by atoms with Crippen molar-refractivity contribution in [2.24, 2.45) is 0 Å². The van der Waals surface area contributed by atoms with Crippen LogP contribution in [0.3, 0.4) is 0 Å². The highest BCUT2D eigenvalue weighted by atomic mass is 16.5. The number of rotatable bonds is 4. The SMILES string of the molecule is COC(=O)c1ccc(/C=C/C(=O)N2CCN(C(=O)c3ccccc3)CC2)cc1. The Kier molecular flexibility index (Phi) is 6.22. The van der Waals surface area contributed by atoms with Gasteiger partial charge in [-0.25, -0.2) is 4.79 Å². The molecule has 3 rings (SSSR count). The molecule has 1 saturated heterocycles. The molecule has 2 aromatic carbocycles. The Labute approximate surface area is 164 Å². The Hall–Kier alpha value is -3.41. The lowest BCUT2D eigenvalue weighted by Gasteiger charge is -2.34. The molecule has 144 valence electrons. The van der Waals surface area contributed by atoms with Gasteiger partial charge in [0.1, 0.15) is 0 Å². The number of carbonyl (C=O) groups is 3. The summed E-state index contributed by atoms with van der Waals surface area (Å²) >= 11 is 0. The summed E-state index contributed by atoms with van der Waals surface area (Å²) in [4.78, 5) is 39.8. The quantitative estimate of drug-likeness (QED) is 0.606. The summed E-state index contributed by atoms with van der Waals surface area (Å²) in [6.07, 6.45) is 3.23. The molecule has 1 heterocycles. The van der Waals surface area contributed by atoms with E-state index in [9.17, 15) is 14.4 Å². The molecule has 2 amide bonds. The molecule has 0 aromatic heterocycles. The first-order valence-electron chi connectivity index (χ1n) is 9.08. The molecule has 0 saturated carbocycles. The molecule has 0 N–H and O–H groups in total. The number of piperazine rings is 1. The molecule has 1 fully saturated rings. The van der Waals surface area contributed by atoms with Crippen LogP contribution in [0.15, 0.2) is 60.7 Å². The van der Waals surface area contributed by atoms with Crippen molar-refractivity contribution in [2.75, 3.05) is 33.3 Å². The monoisotopic (exact) mass is 378 g/mol. The van der Waals surface area contributed by atoms with Crippen LogP contribution in [-0.4, -0.2) is 60.9 Å². The maximum Gasteiger partial charge on any atom is 0.337 e. The molecule has 2 aromatic rings. The number of hydrogen-bond donors (Lipinski definition) is 0. The highest BCUT2D eigenvalue weighted by Gasteiger charge is 2.23. The summed E-state index contributed by atoms with van der Waals surface area (Å²) in [6, 6.07) is 16.0. The predicted octanol–water partition coefficient (Wildman–Crippen LogP) is 2.47. The van der Waals surface area contributed by atoms with E-state index in [1.807, 2.05) is 18.2 Å². The molecule has 0 aliphatic carbocycles. The molecular formula is C22H22N2O4. The maximum atomic E-state index is 12.5. The fourth-order valence-electron chi connectivity index (χ4n) is 3.01. The third-order valence-electron chi connectivity index (χ3n) is 4.65. The molecule has 0 radical (unpaired) electrons. The largest absolute Gasteiger partial charge is 0.465 e. The van der Waals surface area contributed by atoms with Crippen molar-refractivity contribution >= 4 is 23.9 Å². The van der Waals surface area contributed by atoms with Crippen LogP contribution in [-0.2, 0) is 9.53 Å². The first kappa shape index (κ1) is 19.4. The number of hydrogen-bond acceptors (Lipinski definition) is 4. The number of esters is 1. The highest BCUT2D eigenvalue weighted by molar-refractivity contribution is 5.95. The van der Waals surface area contributed by atoms with Crippen molar-refractivity contribution in [3.05, 3.63) is 77.4 Å². The average Bonchev–Trinajstić information content (AvgIpc) is 2.77. The van der Waals surface area contributed by atoms with E-state index in [1.54, 1.807) is 52.3 Å². The number of carbonyl (C=O) groups excluding carboxylic acids is 3. The van der Waals surface area contributed by atoms with Gasteiger partial charge >= 0.3 is 5.97 Å². The molecule has 1 aliphatic rings. The average molecular weight is 378 g/mol. The van der Waals surface area contributed by atoms with Gasteiger partial charge in [0.15, 0.2) is 0 Å². The van der Waals surface area contributed by atoms with Crippen LogP contribution in [0.1, 0.15) is 26.3 Å². The number of amides is 2. The van der Waals surface area contributed by atoms with Crippen molar-refractivity contribution in [1.82, 2.24) is 9.80 Å². The molecule has 0 unspecified atom stereocenters. The zero-order chi connectivity index (χ0) is 19.9. The van der Waals surface area contributed by atoms with Crippen LogP contribution in [0.2, 0.25) is 0 Å². The van der Waals surface area contributed by atoms with Crippen LogP contribution in [0, 0.1) is 0 Å². The molecule has 0 atom stereocenters. The van der Waals surface area contributed by atoms with Crippen LogP contribution < -0.4 is 0 Å². The minimum atomic E-state index is -0.394. The van der Waals surface area contributed by atoms with Crippen molar-refractivity contribution in [2.45, 2.75) is 0 Å². The van der Waals surface area contributed by atoms with E-state index in [0.29, 0.717) is 37.3 Å². The lowest BCUT2D eigenvalue weighted by Crippen LogP contribution is -2.50. The zero-order valence-corrected chi connectivity index (χ0v) is 15.7. The lowest BCUT2D eigenvalue weighted by molar-refractivity contribution is -0.127. The predicted molar refractivity (Wildman–Crippen MR) is 106 cm³/mol. The zero-order valence-electron chi connectivity index (χ0n) is 15.7. The Morgan fingerprint density at radius 3 is 2.04 bits per heavy atom. The fourth-order valence-corrected chi connectivity index (χ4v) is 3.01. The Morgan fingerprint density at radius 1 is 0.821 bits per heavy atom. The van der Waals surface area contributed by atoms with Crippen LogP contribution >= 0.6 is 0 Å². The Balaban J connectivity index is 1.53. The topological polar surface area (TPSA) is 66.9 Å². The van der Waals surface area contributed by atoms with Crippen molar-refractivity contribution in [3.8, 4) is 0 Å². The van der Waals surface area contributed by atoms with Gasteiger partial charge in [-0.15, -0.1) is 0 Å². The maximum absolute atomic E-state index is 12.5. The molecule has 28 heavy (non-hydrogen) atoms. The number of nitrogens with zero attached hydrogens (tertiary/aromatic N) is 2. The van der Waals surface area contributed by atoms with Crippen molar-refractivity contribution in [3.63, 3.8) is 0 Å². The third-order valence-corrected chi connectivity index (χ3v) is 4.65. The summed E-state index contributed by atoms with van der Waals surface area (Å²) in [5, 5.41) is 0. The minimum absolute atomic E-state index is 0.00561. The van der Waals surface area contributed by atoms with Crippen LogP contribution in [0.5, 0.6) is 0 Å². The van der Waals surface area contributed by atoms with Gasteiger partial charge in [-0.2, -0.15) is 0 Å². The van der Waals surface area contributed by atoms with Gasteiger partial charge < -0.3 is 14.5 Å². The standard InChI is InChI=1S/C22H22N2O4/c1-28-22(27)19-10-7-17(8-11-19)9-12-20(25)23-13-15-24(16-14-23)21(26)18-5-3-2-4-6-18/h2-12H,13-16H2,1H3/b12-9+. The lowest BCUT2D eigenvalue weighted by atomic mass is 10.1. The van der Waals surface area contributed by atoms with E-state index in [4.69, 9.17) is 0 Å². The van der Waals surface area contributed by atoms with E-state index in [-0.39, 0.29) is 11.8 Å². The third kappa shape index (κ3) is 4.65. The summed E-state index contributed by atoms with van der Waals surface area (Å²) in [5.74, 6) is -0.493. The molecule has 0 bridgehead atoms. The molecule has 6 nitrogen and oxygen atoms in total. The van der Waals surface area contributed by atoms with E-state index < -0.39 is 5.97 Å². The van der Waals surface area contributed by atoms with Gasteiger partial charge in [-0.3, -0.25) is 9.59 Å². The van der Waals surface area contributed by atoms with Gasteiger partial charge in [0.2, 0.25) is 5.91 Å². The molecular weight excluding hydrogens is 356 g/mol. The van der Waals surface area contributed by atoms with Gasteiger partial charge in [0.05, 0.1) is 12.7 Å².